The lowest BCUT2D eigenvalue weighted by atomic mass is 9.88. The predicted molar refractivity (Wildman–Crippen MR) is 215 cm³/mol. The highest BCUT2D eigenvalue weighted by Gasteiger charge is 2.63. The number of fused-ring (bicyclic) bond motifs is 3. The van der Waals surface area contributed by atoms with E-state index >= 15 is 0 Å². The van der Waals surface area contributed by atoms with Crippen LogP contribution in [0.2, 0.25) is 0 Å². The van der Waals surface area contributed by atoms with Gasteiger partial charge in [0.2, 0.25) is 27.7 Å². The average molecular weight is 811 g/mol. The van der Waals surface area contributed by atoms with Crippen LogP contribution in [-0.2, 0) is 29.1 Å². The van der Waals surface area contributed by atoms with E-state index in [0.717, 1.165) is 17.5 Å². The summed E-state index contributed by atoms with van der Waals surface area (Å²) in [6.45, 7) is 10.7. The number of amides is 4. The van der Waals surface area contributed by atoms with Gasteiger partial charge in [0.1, 0.15) is 35.1 Å². The van der Waals surface area contributed by atoms with Crippen molar-refractivity contribution in [1.29, 1.82) is 0 Å². The molecule has 6 rings (SSSR count). The minimum Gasteiger partial charge on any atom is -0.494 e. The summed E-state index contributed by atoms with van der Waals surface area (Å²) in [4.78, 5) is 64.6. The topological polar surface area (TPSA) is 186 Å². The highest BCUT2D eigenvalue weighted by atomic mass is 32.2. The van der Waals surface area contributed by atoms with E-state index in [9.17, 15) is 27.6 Å². The van der Waals surface area contributed by atoms with E-state index in [-0.39, 0.29) is 37.1 Å². The van der Waals surface area contributed by atoms with Crippen LogP contribution in [0.4, 0.5) is 10.5 Å². The van der Waals surface area contributed by atoms with E-state index in [0.29, 0.717) is 36.8 Å². The van der Waals surface area contributed by atoms with Crippen molar-refractivity contribution in [1.82, 2.24) is 25.2 Å². The quantitative estimate of drug-likeness (QED) is 0.321. The van der Waals surface area contributed by atoms with Gasteiger partial charge >= 0.3 is 6.09 Å². The number of carbonyl (C=O) groups is 4. The molecule has 2 aliphatic carbocycles. The van der Waals surface area contributed by atoms with Crippen LogP contribution in [0.3, 0.4) is 0 Å². The highest BCUT2D eigenvalue weighted by Crippen LogP contribution is 2.48. The zero-order valence-electron chi connectivity index (χ0n) is 34.5. The van der Waals surface area contributed by atoms with Crippen molar-refractivity contribution in [2.45, 2.75) is 121 Å². The maximum absolute atomic E-state index is 14.8. The Morgan fingerprint density at radius 3 is 2.46 bits per heavy atom. The van der Waals surface area contributed by atoms with Crippen LogP contribution in [-0.4, -0.2) is 104 Å². The van der Waals surface area contributed by atoms with Crippen molar-refractivity contribution in [3.63, 3.8) is 0 Å². The molecule has 15 nitrogen and oxygen atoms in total. The summed E-state index contributed by atoms with van der Waals surface area (Å²) in [5.41, 5.74) is -1.43. The van der Waals surface area contributed by atoms with E-state index in [1.54, 1.807) is 41.0 Å². The number of sulfonamides is 1. The predicted octanol–water partition coefficient (Wildman–Crippen LogP) is 4.44. The van der Waals surface area contributed by atoms with Crippen LogP contribution < -0.4 is 29.7 Å². The number of nitrogens with zero attached hydrogens (tertiary/aromatic N) is 3. The molecule has 3 N–H and O–H groups in total. The second kappa shape index (κ2) is 15.6. The summed E-state index contributed by atoms with van der Waals surface area (Å²) < 4.78 is 45.4. The Balaban J connectivity index is 1.36. The molecule has 1 aromatic heterocycles. The van der Waals surface area contributed by atoms with Crippen LogP contribution in [0.5, 0.6) is 11.6 Å². The number of rotatable bonds is 8. The summed E-state index contributed by atoms with van der Waals surface area (Å²) in [6.07, 6.45) is 7.02. The van der Waals surface area contributed by atoms with Crippen LogP contribution in [0.1, 0.15) is 86.5 Å². The Hall–Kier alpha value is -4.60. The van der Waals surface area contributed by atoms with Gasteiger partial charge in [-0.25, -0.2) is 18.2 Å². The van der Waals surface area contributed by atoms with Crippen molar-refractivity contribution in [3.8, 4) is 11.6 Å². The molecule has 0 bridgehead atoms. The third kappa shape index (κ3) is 8.95. The molecule has 4 amide bonds. The Bertz CT molecular complexity index is 2040. The molecule has 1 aromatic carbocycles. The maximum atomic E-state index is 14.8. The molecule has 2 aromatic rings. The van der Waals surface area contributed by atoms with E-state index in [4.69, 9.17) is 14.2 Å². The monoisotopic (exact) mass is 810 g/mol. The third-order valence-corrected chi connectivity index (χ3v) is 13.9. The molecule has 3 heterocycles. The van der Waals surface area contributed by atoms with Crippen molar-refractivity contribution >= 4 is 50.3 Å². The van der Waals surface area contributed by atoms with E-state index < -0.39 is 73.8 Å². The molecule has 4 aliphatic rings. The Labute approximate surface area is 335 Å². The first kappa shape index (κ1) is 42.0. The summed E-state index contributed by atoms with van der Waals surface area (Å²) in [7, 11) is 1.42. The first-order chi connectivity index (χ1) is 26.7. The van der Waals surface area contributed by atoms with Gasteiger partial charge in [-0.1, -0.05) is 26.0 Å². The molecule has 312 valence electrons. The molecule has 0 radical (unpaired) electrons. The van der Waals surface area contributed by atoms with Crippen LogP contribution in [0.25, 0.3) is 10.8 Å². The minimum atomic E-state index is -4.01. The Morgan fingerprint density at radius 1 is 1.09 bits per heavy atom. The number of allylic oxidation sites excluding steroid dienone is 1. The molecule has 0 unspecified atom stereocenters. The molecule has 3 fully saturated rings. The van der Waals surface area contributed by atoms with E-state index in [1.807, 2.05) is 56.3 Å². The fraction of sp³-hybridized carbons (Fsp3) is 0.634. The van der Waals surface area contributed by atoms with Gasteiger partial charge in [0.25, 0.3) is 5.91 Å². The minimum absolute atomic E-state index is 0.0288. The molecule has 1 saturated heterocycles. The number of nitrogens with one attached hydrogen (secondary N) is 3. The lowest BCUT2D eigenvalue weighted by Gasteiger charge is -2.33. The number of aromatic nitrogens is 1. The van der Waals surface area contributed by atoms with Crippen LogP contribution >= 0.6 is 0 Å². The lowest BCUT2D eigenvalue weighted by Crippen LogP contribution is -2.59. The van der Waals surface area contributed by atoms with E-state index in [2.05, 4.69) is 27.3 Å². The molecule has 0 spiro atoms. The van der Waals surface area contributed by atoms with Gasteiger partial charge in [0, 0.05) is 42.9 Å². The van der Waals surface area contributed by atoms with Crippen molar-refractivity contribution in [2.75, 3.05) is 32.6 Å². The summed E-state index contributed by atoms with van der Waals surface area (Å²) >= 11 is 0. The molecule has 2 saturated carbocycles. The summed E-state index contributed by atoms with van der Waals surface area (Å²) in [6, 6.07) is 3.57. The van der Waals surface area contributed by atoms with Gasteiger partial charge in [0.05, 0.1) is 24.6 Å². The van der Waals surface area contributed by atoms with Crippen LogP contribution in [0, 0.1) is 17.8 Å². The Morgan fingerprint density at radius 2 is 1.81 bits per heavy atom. The molecule has 16 heteroatoms. The van der Waals surface area contributed by atoms with Crippen molar-refractivity contribution < 1.29 is 41.8 Å². The van der Waals surface area contributed by atoms with Gasteiger partial charge in [-0.05, 0) is 96.3 Å². The first-order valence-electron chi connectivity index (χ1n) is 19.8. The molecular formula is C41H58N6O9S. The molecule has 57 heavy (non-hydrogen) atoms. The number of carbonyl (C=O) groups excluding carboxylic acids is 4. The summed E-state index contributed by atoms with van der Waals surface area (Å²) in [5.74, 6) is -1.77. The maximum Gasteiger partial charge on any atom is 0.408 e. The number of anilines is 1. The van der Waals surface area contributed by atoms with Gasteiger partial charge in [-0.15, -0.1) is 0 Å². The van der Waals surface area contributed by atoms with Gasteiger partial charge in [-0.2, -0.15) is 0 Å². The number of hydrogen-bond acceptors (Lipinski definition) is 11. The normalized spacial score (nSPS) is 29.4. The van der Waals surface area contributed by atoms with Gasteiger partial charge < -0.3 is 34.6 Å². The smallest absolute Gasteiger partial charge is 0.408 e. The fourth-order valence-corrected chi connectivity index (χ4v) is 9.22. The standard InChI is InChI=1S/C41H58N6O9S/c1-24-12-10-11-13-26-21-41(26,37(50)45-57(52,53)40(6)16-17-40)44-34(48)31-20-28(23-47(31)36(49)33(25(2)18-24)43-38(51)56-39(3,4)5)55-35-29-15-14-27(46(7)8)19-30(29)32(54-9)22-42-35/h11,13-15,19,22,24-26,28,31,33H,10,12,16-18,20-21,23H2,1-9H3,(H,43,51)(H,44,48)(H,45,50)/b13-11-/t24-,25+,26+,28+,31-,33-,41+/m0/s1. The first-order valence-corrected chi connectivity index (χ1v) is 21.3. The SMILES string of the molecule is COc1cnc(O[C@@H]2C[C@H]3C(=O)N[C@]4(C(=O)NS(=O)(=O)C5(C)CC5)C[C@H]4/C=C\CC[C@H](C)C[C@@H](C)[C@H](NC(=O)OC(C)(C)C)C(=O)N3C2)c2ccc(N(C)C)cc12. The number of alkyl carbamates (subject to hydrolysis) is 1. The third-order valence-electron chi connectivity index (χ3n) is 11.7. The van der Waals surface area contributed by atoms with Gasteiger partial charge in [-0.3, -0.25) is 19.1 Å². The van der Waals surface area contributed by atoms with Crippen molar-refractivity contribution in [3.05, 3.63) is 36.5 Å². The number of ether oxygens (including phenoxy) is 3. The lowest BCUT2D eigenvalue weighted by molar-refractivity contribution is -0.142. The number of hydrogen-bond donors (Lipinski definition) is 3. The second-order valence-electron chi connectivity index (χ2n) is 17.8. The van der Waals surface area contributed by atoms with Gasteiger partial charge in [0.15, 0.2) is 0 Å². The second-order valence-corrected chi connectivity index (χ2v) is 20.0. The molecular weight excluding hydrogens is 753 g/mol. The van der Waals surface area contributed by atoms with Crippen LogP contribution in [0.15, 0.2) is 36.5 Å². The fourth-order valence-electron chi connectivity index (χ4n) is 7.90. The zero-order chi connectivity index (χ0) is 41.7. The number of methoxy groups -OCH3 is 1. The zero-order valence-corrected chi connectivity index (χ0v) is 35.3. The molecule has 2 aliphatic heterocycles. The molecule has 7 atom stereocenters. The number of pyridine rings is 1. The average Bonchev–Trinajstić information content (AvgIpc) is 4.01. The highest BCUT2D eigenvalue weighted by molar-refractivity contribution is 7.91. The summed E-state index contributed by atoms with van der Waals surface area (Å²) in [5, 5.41) is 7.16. The van der Waals surface area contributed by atoms with E-state index in [1.165, 1.54) is 4.90 Å². The Kier molecular flexibility index (Phi) is 11.5. The largest absolute Gasteiger partial charge is 0.494 e. The number of benzene rings is 1. The van der Waals surface area contributed by atoms with Crippen molar-refractivity contribution in [2.24, 2.45) is 17.8 Å².